The molecule has 1 N–H and O–H groups in total. The van der Waals surface area contributed by atoms with Crippen LogP contribution in [0, 0.1) is 0 Å². The first kappa shape index (κ1) is 26.3. The van der Waals surface area contributed by atoms with E-state index in [1.807, 2.05) is 0 Å². The molecule has 0 bridgehead atoms. The fourth-order valence-corrected chi connectivity index (χ4v) is 4.84. The van der Waals surface area contributed by atoms with E-state index in [4.69, 9.17) is 34.8 Å². The van der Waals surface area contributed by atoms with Gasteiger partial charge in [0.05, 0.1) is 32.7 Å². The topological polar surface area (TPSA) is 66.5 Å². The van der Waals surface area contributed by atoms with E-state index in [-0.39, 0.29) is 21.5 Å². The highest BCUT2D eigenvalue weighted by Crippen LogP contribution is 2.34. The summed E-state index contributed by atoms with van der Waals surface area (Å²) in [7, 11) is -4.25. The summed E-state index contributed by atoms with van der Waals surface area (Å²) in [5.74, 6) is -0.964. The van der Waals surface area contributed by atoms with Crippen LogP contribution in [0.5, 0.6) is 0 Å². The zero-order chi connectivity index (χ0) is 25.1. The molecule has 0 unspecified atom stereocenters. The van der Waals surface area contributed by atoms with Gasteiger partial charge in [-0.15, -0.1) is 0 Å². The molecule has 0 saturated carbocycles. The van der Waals surface area contributed by atoms with Crippen molar-refractivity contribution in [2.24, 2.45) is 0 Å². The number of benzene rings is 3. The van der Waals surface area contributed by atoms with Crippen molar-refractivity contribution >= 4 is 56.4 Å². The molecule has 3 aromatic carbocycles. The number of carbonyl (C=O) groups excluding carboxylic acids is 1. The Balaban J connectivity index is 1.93. The van der Waals surface area contributed by atoms with Gasteiger partial charge in [0.1, 0.15) is 0 Å². The van der Waals surface area contributed by atoms with Crippen molar-refractivity contribution in [1.29, 1.82) is 0 Å². The Labute approximate surface area is 209 Å². The first-order valence-electron chi connectivity index (χ1n) is 9.53. The first-order valence-corrected chi connectivity index (χ1v) is 12.1. The Morgan fingerprint density at radius 3 is 2.18 bits per heavy atom. The highest BCUT2D eigenvalue weighted by molar-refractivity contribution is 7.89. The third-order valence-corrected chi connectivity index (χ3v) is 7.42. The number of amides is 1. The molecule has 0 heterocycles. The van der Waals surface area contributed by atoms with Crippen molar-refractivity contribution in [2.75, 3.05) is 11.9 Å². The second-order valence-corrected chi connectivity index (χ2v) is 10.3. The molecule has 0 spiro atoms. The van der Waals surface area contributed by atoms with Crippen LogP contribution < -0.4 is 5.32 Å². The molecule has 0 saturated heterocycles. The standard InChI is InChI=1S/C22H16Cl3F3N2O3S/c23-15-6-8-16(9-7-15)34(32,33)30(12-14-5-10-18(24)19(25)11-14)13-21(31)29-20-4-2-1-3-17(20)22(26,27)28/h1-11H,12-13H2,(H,29,31). The van der Waals surface area contributed by atoms with Gasteiger partial charge in [0.15, 0.2) is 0 Å². The molecule has 0 fully saturated rings. The Hall–Kier alpha value is -2.30. The molecule has 180 valence electrons. The van der Waals surface area contributed by atoms with E-state index in [0.29, 0.717) is 10.6 Å². The smallest absolute Gasteiger partial charge is 0.324 e. The third kappa shape index (κ3) is 6.43. The fraction of sp³-hybridized carbons (Fsp3) is 0.136. The number of anilines is 1. The van der Waals surface area contributed by atoms with Gasteiger partial charge in [-0.3, -0.25) is 4.79 Å². The number of sulfonamides is 1. The SMILES string of the molecule is O=C(CN(Cc1ccc(Cl)c(Cl)c1)S(=O)(=O)c1ccc(Cl)cc1)Nc1ccccc1C(F)(F)F. The largest absolute Gasteiger partial charge is 0.418 e. The molecule has 0 aliphatic rings. The normalized spacial score (nSPS) is 12.1. The lowest BCUT2D eigenvalue weighted by atomic mass is 10.1. The van der Waals surface area contributed by atoms with Crippen molar-refractivity contribution in [2.45, 2.75) is 17.6 Å². The molecule has 0 aliphatic heterocycles. The van der Waals surface area contributed by atoms with E-state index in [1.54, 1.807) is 0 Å². The van der Waals surface area contributed by atoms with Gasteiger partial charge in [-0.05, 0) is 54.1 Å². The number of rotatable bonds is 7. The molecule has 3 rings (SSSR count). The van der Waals surface area contributed by atoms with Crippen LogP contribution in [0.3, 0.4) is 0 Å². The minimum atomic E-state index is -4.71. The molecule has 0 aliphatic carbocycles. The molecule has 3 aromatic rings. The van der Waals surface area contributed by atoms with Crippen molar-refractivity contribution in [3.8, 4) is 0 Å². The second-order valence-electron chi connectivity index (χ2n) is 7.07. The van der Waals surface area contributed by atoms with Crippen molar-refractivity contribution in [1.82, 2.24) is 4.31 Å². The van der Waals surface area contributed by atoms with E-state index in [9.17, 15) is 26.4 Å². The quantitative estimate of drug-likeness (QED) is 0.365. The van der Waals surface area contributed by atoms with Crippen LogP contribution in [-0.2, 0) is 27.5 Å². The van der Waals surface area contributed by atoms with Gasteiger partial charge < -0.3 is 5.32 Å². The van der Waals surface area contributed by atoms with E-state index >= 15 is 0 Å². The predicted molar refractivity (Wildman–Crippen MR) is 126 cm³/mol. The summed E-state index contributed by atoms with van der Waals surface area (Å²) in [6.07, 6.45) is -4.71. The zero-order valence-electron chi connectivity index (χ0n) is 17.1. The van der Waals surface area contributed by atoms with Gasteiger partial charge in [0, 0.05) is 11.6 Å². The summed E-state index contributed by atoms with van der Waals surface area (Å²) < 4.78 is 67.2. The number of hydrogen-bond acceptors (Lipinski definition) is 3. The average Bonchev–Trinajstić information content (AvgIpc) is 2.75. The minimum absolute atomic E-state index is 0.152. The van der Waals surface area contributed by atoms with Gasteiger partial charge in [0.25, 0.3) is 0 Å². The molecule has 0 atom stereocenters. The Bertz CT molecular complexity index is 1300. The van der Waals surface area contributed by atoms with Crippen LogP contribution in [0.2, 0.25) is 15.1 Å². The fourth-order valence-electron chi connectivity index (χ4n) is 3.01. The van der Waals surface area contributed by atoms with Crippen LogP contribution in [0.1, 0.15) is 11.1 Å². The molecule has 1 amide bonds. The maximum absolute atomic E-state index is 13.3. The summed E-state index contributed by atoms with van der Waals surface area (Å²) in [5.41, 5.74) is -1.13. The Morgan fingerprint density at radius 1 is 0.912 bits per heavy atom. The van der Waals surface area contributed by atoms with Crippen LogP contribution in [0.15, 0.2) is 71.6 Å². The third-order valence-electron chi connectivity index (χ3n) is 4.62. The van der Waals surface area contributed by atoms with E-state index in [1.165, 1.54) is 54.6 Å². The highest BCUT2D eigenvalue weighted by atomic mass is 35.5. The molecular formula is C22H16Cl3F3N2O3S. The van der Waals surface area contributed by atoms with Crippen LogP contribution in [0.25, 0.3) is 0 Å². The Kier molecular flexibility index (Phi) is 8.15. The van der Waals surface area contributed by atoms with Crippen molar-refractivity contribution in [3.63, 3.8) is 0 Å². The molecule has 12 heteroatoms. The molecule has 0 aromatic heterocycles. The maximum Gasteiger partial charge on any atom is 0.418 e. The van der Waals surface area contributed by atoms with Crippen LogP contribution in [-0.4, -0.2) is 25.2 Å². The minimum Gasteiger partial charge on any atom is -0.324 e. The summed E-state index contributed by atoms with van der Waals surface area (Å²) in [4.78, 5) is 12.5. The van der Waals surface area contributed by atoms with Gasteiger partial charge >= 0.3 is 6.18 Å². The predicted octanol–water partition coefficient (Wildman–Crippen LogP) is 6.50. The molecule has 34 heavy (non-hydrogen) atoms. The number of hydrogen-bond donors (Lipinski definition) is 1. The number of para-hydroxylation sites is 1. The zero-order valence-corrected chi connectivity index (χ0v) is 20.2. The van der Waals surface area contributed by atoms with Crippen molar-refractivity contribution < 1.29 is 26.4 Å². The van der Waals surface area contributed by atoms with Crippen LogP contribution in [0.4, 0.5) is 18.9 Å². The van der Waals surface area contributed by atoms with Gasteiger partial charge in [-0.1, -0.05) is 53.0 Å². The van der Waals surface area contributed by atoms with Crippen molar-refractivity contribution in [3.05, 3.63) is 92.9 Å². The molecular weight excluding hydrogens is 536 g/mol. The number of alkyl halides is 3. The number of nitrogens with one attached hydrogen (secondary N) is 1. The lowest BCUT2D eigenvalue weighted by Crippen LogP contribution is -2.37. The van der Waals surface area contributed by atoms with Gasteiger partial charge in [-0.2, -0.15) is 17.5 Å². The lowest BCUT2D eigenvalue weighted by Gasteiger charge is -2.23. The second kappa shape index (κ2) is 10.5. The van der Waals surface area contributed by atoms with Crippen LogP contribution >= 0.6 is 34.8 Å². The highest BCUT2D eigenvalue weighted by Gasteiger charge is 2.34. The van der Waals surface area contributed by atoms with E-state index in [0.717, 1.165) is 16.4 Å². The van der Waals surface area contributed by atoms with E-state index in [2.05, 4.69) is 5.32 Å². The average molecular weight is 552 g/mol. The first-order chi connectivity index (χ1) is 15.9. The maximum atomic E-state index is 13.3. The van der Waals surface area contributed by atoms with Gasteiger partial charge in [-0.25, -0.2) is 8.42 Å². The van der Waals surface area contributed by atoms with Gasteiger partial charge in [0.2, 0.25) is 15.9 Å². The molecule has 0 radical (unpaired) electrons. The lowest BCUT2D eigenvalue weighted by molar-refractivity contribution is -0.137. The summed E-state index contributed by atoms with van der Waals surface area (Å²) in [5, 5.41) is 2.88. The summed E-state index contributed by atoms with van der Waals surface area (Å²) in [6, 6.07) is 14.1. The number of nitrogens with zero attached hydrogens (tertiary/aromatic N) is 1. The van der Waals surface area contributed by atoms with E-state index < -0.39 is 39.9 Å². The number of halogens is 6. The Morgan fingerprint density at radius 2 is 1.56 bits per heavy atom. The number of carbonyl (C=O) groups is 1. The monoisotopic (exact) mass is 550 g/mol. The summed E-state index contributed by atoms with van der Waals surface area (Å²) in [6.45, 7) is -1.06. The molecule has 5 nitrogen and oxygen atoms in total. The summed E-state index contributed by atoms with van der Waals surface area (Å²) >= 11 is 17.8.